The summed E-state index contributed by atoms with van der Waals surface area (Å²) in [4.78, 5) is 14.0. The Morgan fingerprint density at radius 3 is 2.75 bits per heavy atom. The van der Waals surface area contributed by atoms with Crippen LogP contribution in [0.1, 0.15) is 22.6 Å². The molecule has 0 saturated carbocycles. The minimum atomic E-state index is -0.168. The van der Waals surface area contributed by atoms with Crippen LogP contribution in [0.4, 0.5) is 0 Å². The lowest BCUT2D eigenvalue weighted by Crippen LogP contribution is -2.43. The number of aromatic nitrogens is 2. The summed E-state index contributed by atoms with van der Waals surface area (Å²) in [5.74, 6) is -0.168. The Kier molecular flexibility index (Phi) is 3.73. The normalized spacial score (nSPS) is 18.6. The van der Waals surface area contributed by atoms with E-state index in [0.717, 1.165) is 37.3 Å². The number of hydrogen-bond donors (Lipinski definition) is 1. The van der Waals surface area contributed by atoms with Crippen LogP contribution in [-0.2, 0) is 0 Å². The van der Waals surface area contributed by atoms with Crippen molar-refractivity contribution in [1.82, 2.24) is 20.4 Å². The molecule has 1 aromatic heterocycles. The first-order valence-electron chi connectivity index (χ1n) is 5.13. The molecule has 0 aromatic carbocycles. The van der Waals surface area contributed by atoms with Crippen molar-refractivity contribution in [1.29, 1.82) is 0 Å². The zero-order chi connectivity index (χ0) is 11.5. The number of carbonyl (C=O) groups is 1. The fourth-order valence-corrected chi connectivity index (χ4v) is 2.43. The van der Waals surface area contributed by atoms with Gasteiger partial charge < -0.3 is 10.2 Å². The number of hydrogen-bond acceptors (Lipinski definition) is 5. The summed E-state index contributed by atoms with van der Waals surface area (Å²) in [5, 5.41) is 10.6. The SMILES string of the molecule is CN1CCC(NC(=O)c2nnc(Cl)s2)CC1. The van der Waals surface area contributed by atoms with Crippen molar-refractivity contribution in [3.8, 4) is 0 Å². The molecule has 88 valence electrons. The second-order valence-electron chi connectivity index (χ2n) is 3.91. The van der Waals surface area contributed by atoms with Crippen LogP contribution >= 0.6 is 22.9 Å². The van der Waals surface area contributed by atoms with Crippen molar-refractivity contribution >= 4 is 28.8 Å². The van der Waals surface area contributed by atoms with Crippen molar-refractivity contribution < 1.29 is 4.79 Å². The van der Waals surface area contributed by atoms with E-state index in [-0.39, 0.29) is 11.9 Å². The van der Waals surface area contributed by atoms with E-state index in [1.165, 1.54) is 0 Å². The van der Waals surface area contributed by atoms with E-state index in [2.05, 4.69) is 27.5 Å². The summed E-state index contributed by atoms with van der Waals surface area (Å²) in [5.41, 5.74) is 0. The highest BCUT2D eigenvalue weighted by molar-refractivity contribution is 7.17. The minimum Gasteiger partial charge on any atom is -0.347 e. The van der Waals surface area contributed by atoms with Crippen molar-refractivity contribution in [3.05, 3.63) is 9.47 Å². The quantitative estimate of drug-likeness (QED) is 0.863. The lowest BCUT2D eigenvalue weighted by atomic mass is 10.1. The lowest BCUT2D eigenvalue weighted by Gasteiger charge is -2.29. The number of nitrogens with one attached hydrogen (secondary N) is 1. The largest absolute Gasteiger partial charge is 0.347 e. The molecule has 1 N–H and O–H groups in total. The van der Waals surface area contributed by atoms with Gasteiger partial charge in [-0.1, -0.05) is 11.3 Å². The maximum absolute atomic E-state index is 11.7. The van der Waals surface area contributed by atoms with Gasteiger partial charge in [0.1, 0.15) is 0 Å². The first kappa shape index (κ1) is 11.8. The first-order chi connectivity index (χ1) is 7.65. The van der Waals surface area contributed by atoms with Crippen LogP contribution in [0.5, 0.6) is 0 Å². The first-order valence-corrected chi connectivity index (χ1v) is 6.33. The van der Waals surface area contributed by atoms with Gasteiger partial charge in [-0.3, -0.25) is 4.79 Å². The lowest BCUT2D eigenvalue weighted by molar-refractivity contribution is 0.0916. The molecule has 0 radical (unpaired) electrons. The van der Waals surface area contributed by atoms with Gasteiger partial charge in [0.2, 0.25) is 9.47 Å². The third-order valence-electron chi connectivity index (χ3n) is 2.65. The average Bonchev–Trinajstić information content (AvgIpc) is 2.68. The third kappa shape index (κ3) is 2.90. The Balaban J connectivity index is 1.88. The van der Waals surface area contributed by atoms with Crippen LogP contribution in [0, 0.1) is 0 Å². The zero-order valence-corrected chi connectivity index (χ0v) is 10.5. The van der Waals surface area contributed by atoms with E-state index < -0.39 is 0 Å². The fraction of sp³-hybridized carbons (Fsp3) is 0.667. The van der Waals surface area contributed by atoms with E-state index in [9.17, 15) is 4.79 Å². The fourth-order valence-electron chi connectivity index (χ4n) is 1.70. The summed E-state index contributed by atoms with van der Waals surface area (Å²) in [6.07, 6.45) is 1.96. The molecule has 5 nitrogen and oxygen atoms in total. The van der Waals surface area contributed by atoms with Crippen molar-refractivity contribution in [3.63, 3.8) is 0 Å². The van der Waals surface area contributed by atoms with Crippen LogP contribution in [0.25, 0.3) is 0 Å². The number of nitrogens with zero attached hydrogens (tertiary/aromatic N) is 3. The Hall–Kier alpha value is -0.720. The van der Waals surface area contributed by atoms with Gasteiger partial charge in [0, 0.05) is 6.04 Å². The molecule has 16 heavy (non-hydrogen) atoms. The number of rotatable bonds is 2. The molecule has 2 heterocycles. The highest BCUT2D eigenvalue weighted by atomic mass is 35.5. The summed E-state index contributed by atoms with van der Waals surface area (Å²) in [6.45, 7) is 2.03. The molecule has 0 aliphatic carbocycles. The zero-order valence-electron chi connectivity index (χ0n) is 8.94. The van der Waals surface area contributed by atoms with E-state index in [0.29, 0.717) is 9.47 Å². The molecule has 1 amide bonds. The van der Waals surface area contributed by atoms with Crippen LogP contribution in [-0.4, -0.2) is 47.2 Å². The predicted octanol–water partition coefficient (Wildman–Crippen LogP) is 1.02. The number of halogens is 1. The molecule has 7 heteroatoms. The van der Waals surface area contributed by atoms with Gasteiger partial charge >= 0.3 is 0 Å². The Morgan fingerprint density at radius 2 is 2.19 bits per heavy atom. The monoisotopic (exact) mass is 260 g/mol. The molecule has 2 rings (SSSR count). The van der Waals surface area contributed by atoms with E-state index >= 15 is 0 Å². The number of piperidine rings is 1. The Bertz CT molecular complexity index is 375. The van der Waals surface area contributed by atoms with Crippen LogP contribution in [0.2, 0.25) is 4.47 Å². The molecular formula is C9H13ClN4OS. The van der Waals surface area contributed by atoms with Crippen molar-refractivity contribution in [2.24, 2.45) is 0 Å². The van der Waals surface area contributed by atoms with E-state index in [1.54, 1.807) is 0 Å². The molecular weight excluding hydrogens is 248 g/mol. The molecule has 0 bridgehead atoms. The van der Waals surface area contributed by atoms with Crippen LogP contribution in [0.15, 0.2) is 0 Å². The summed E-state index contributed by atoms with van der Waals surface area (Å²) in [7, 11) is 2.09. The van der Waals surface area contributed by atoms with Gasteiger partial charge in [0.15, 0.2) is 0 Å². The van der Waals surface area contributed by atoms with Crippen LogP contribution < -0.4 is 5.32 Å². The van der Waals surface area contributed by atoms with Gasteiger partial charge in [0.05, 0.1) is 0 Å². The summed E-state index contributed by atoms with van der Waals surface area (Å²) in [6, 6.07) is 0.242. The standard InChI is InChI=1S/C9H13ClN4OS/c1-14-4-2-6(3-5-14)11-7(15)8-12-13-9(10)16-8/h6H,2-5H2,1H3,(H,11,15). The molecule has 1 saturated heterocycles. The molecule has 1 aliphatic heterocycles. The van der Waals surface area contributed by atoms with Gasteiger partial charge in [-0.25, -0.2) is 0 Å². The number of likely N-dealkylation sites (tertiary alicyclic amines) is 1. The number of carbonyl (C=O) groups excluding carboxylic acids is 1. The van der Waals surface area contributed by atoms with Gasteiger partial charge in [-0.05, 0) is 44.6 Å². The molecule has 1 fully saturated rings. The second kappa shape index (κ2) is 5.07. The van der Waals surface area contributed by atoms with Gasteiger partial charge in [-0.2, -0.15) is 0 Å². The maximum Gasteiger partial charge on any atom is 0.282 e. The van der Waals surface area contributed by atoms with E-state index in [4.69, 9.17) is 11.6 Å². The second-order valence-corrected chi connectivity index (χ2v) is 5.47. The average molecular weight is 261 g/mol. The molecule has 0 unspecified atom stereocenters. The molecule has 0 spiro atoms. The molecule has 1 aromatic rings. The number of amides is 1. The smallest absolute Gasteiger partial charge is 0.282 e. The van der Waals surface area contributed by atoms with Crippen LogP contribution in [0.3, 0.4) is 0 Å². The minimum absolute atomic E-state index is 0.168. The predicted molar refractivity (Wildman–Crippen MR) is 62.9 cm³/mol. The molecule has 0 atom stereocenters. The van der Waals surface area contributed by atoms with Crippen molar-refractivity contribution in [2.45, 2.75) is 18.9 Å². The highest BCUT2D eigenvalue weighted by Crippen LogP contribution is 2.15. The summed E-state index contributed by atoms with van der Waals surface area (Å²) >= 11 is 6.73. The Labute approximate surface area is 103 Å². The van der Waals surface area contributed by atoms with Crippen molar-refractivity contribution in [2.75, 3.05) is 20.1 Å². The third-order valence-corrected chi connectivity index (χ3v) is 3.67. The topological polar surface area (TPSA) is 58.1 Å². The maximum atomic E-state index is 11.7. The molecule has 1 aliphatic rings. The highest BCUT2D eigenvalue weighted by Gasteiger charge is 2.20. The van der Waals surface area contributed by atoms with Gasteiger partial charge in [0.25, 0.3) is 5.91 Å². The van der Waals surface area contributed by atoms with E-state index in [1.807, 2.05) is 0 Å². The summed E-state index contributed by atoms with van der Waals surface area (Å²) < 4.78 is 0.300. The Morgan fingerprint density at radius 1 is 1.50 bits per heavy atom. The van der Waals surface area contributed by atoms with Gasteiger partial charge in [-0.15, -0.1) is 10.2 Å².